The number of hydrogen-bond acceptors (Lipinski definition) is 7. The molecule has 43 heavy (non-hydrogen) atoms. The van der Waals surface area contributed by atoms with E-state index in [9.17, 15) is 19.2 Å². The molecular weight excluding hydrogens is 550 g/mol. The first-order valence-corrected chi connectivity index (χ1v) is 14.0. The molecule has 0 fully saturated rings. The lowest BCUT2D eigenvalue weighted by Gasteiger charge is -2.25. The van der Waals surface area contributed by atoms with Crippen LogP contribution in [0.4, 0.5) is 4.79 Å². The van der Waals surface area contributed by atoms with Crippen molar-refractivity contribution in [2.45, 2.75) is 70.9 Å². The molecule has 0 radical (unpaired) electrons. The van der Waals surface area contributed by atoms with Crippen LogP contribution in [0.3, 0.4) is 0 Å². The lowest BCUT2D eigenvalue weighted by Crippen LogP contribution is -2.54. The molecule has 0 aliphatic heterocycles. The Kier molecular flexibility index (Phi) is 12.1. The van der Waals surface area contributed by atoms with Gasteiger partial charge in [-0.25, -0.2) is 4.79 Å². The van der Waals surface area contributed by atoms with E-state index in [2.05, 4.69) is 10.6 Å². The van der Waals surface area contributed by atoms with Gasteiger partial charge in [-0.15, -0.1) is 0 Å². The van der Waals surface area contributed by atoms with E-state index in [0.717, 1.165) is 16.7 Å². The maximum absolute atomic E-state index is 13.3. The Bertz CT molecular complexity index is 1340. The molecule has 0 unspecified atom stereocenters. The Hall–Kier alpha value is -4.86. The van der Waals surface area contributed by atoms with Gasteiger partial charge in [-0.3, -0.25) is 14.4 Å². The SMILES string of the molecule is CC(C)(C)OC(=O)N[C@@H](Cc1ccc(OCc2ccccc2)cc1)C(=O)N[C@H](CCC(=O)OCc1ccccc1)C(N)=O. The van der Waals surface area contributed by atoms with Crippen molar-refractivity contribution >= 4 is 23.9 Å². The van der Waals surface area contributed by atoms with Gasteiger partial charge in [0.2, 0.25) is 11.8 Å². The molecule has 0 spiro atoms. The first kappa shape index (κ1) is 32.7. The van der Waals surface area contributed by atoms with Gasteiger partial charge in [0.05, 0.1) is 0 Å². The molecule has 228 valence electrons. The van der Waals surface area contributed by atoms with E-state index in [1.54, 1.807) is 45.0 Å². The molecule has 0 saturated heterocycles. The zero-order valence-corrected chi connectivity index (χ0v) is 24.7. The maximum Gasteiger partial charge on any atom is 0.408 e. The van der Waals surface area contributed by atoms with Crippen molar-refractivity contribution in [2.24, 2.45) is 5.73 Å². The van der Waals surface area contributed by atoms with Gasteiger partial charge in [-0.1, -0.05) is 72.8 Å². The number of carbonyl (C=O) groups is 4. The third kappa shape index (κ3) is 12.3. The molecule has 0 heterocycles. The van der Waals surface area contributed by atoms with Crippen molar-refractivity contribution in [3.63, 3.8) is 0 Å². The van der Waals surface area contributed by atoms with Gasteiger partial charge in [-0.2, -0.15) is 0 Å². The predicted molar refractivity (Wildman–Crippen MR) is 161 cm³/mol. The quantitative estimate of drug-likeness (QED) is 0.239. The topological polar surface area (TPSA) is 146 Å². The minimum atomic E-state index is -1.16. The minimum Gasteiger partial charge on any atom is -0.489 e. The summed E-state index contributed by atoms with van der Waals surface area (Å²) < 4.78 is 16.4. The summed E-state index contributed by atoms with van der Waals surface area (Å²) in [6, 6.07) is 23.7. The molecule has 3 amide bonds. The number of benzene rings is 3. The number of alkyl carbamates (subject to hydrolysis) is 1. The van der Waals surface area contributed by atoms with Crippen LogP contribution in [0.2, 0.25) is 0 Å². The third-order valence-electron chi connectivity index (χ3n) is 6.16. The number of nitrogens with two attached hydrogens (primary N) is 1. The summed E-state index contributed by atoms with van der Waals surface area (Å²) in [4.78, 5) is 50.3. The summed E-state index contributed by atoms with van der Waals surface area (Å²) in [6.45, 7) is 5.60. The third-order valence-corrected chi connectivity index (χ3v) is 6.16. The molecule has 0 aliphatic carbocycles. The van der Waals surface area contributed by atoms with Crippen molar-refractivity contribution < 1.29 is 33.4 Å². The van der Waals surface area contributed by atoms with Crippen LogP contribution in [0.1, 0.15) is 50.3 Å². The van der Waals surface area contributed by atoms with Gasteiger partial charge in [0.25, 0.3) is 0 Å². The molecule has 0 aromatic heterocycles. The van der Waals surface area contributed by atoms with Crippen LogP contribution in [0.15, 0.2) is 84.9 Å². The number of amides is 3. The second kappa shape index (κ2) is 16.0. The number of rotatable bonds is 14. The number of hydrogen-bond donors (Lipinski definition) is 3. The van der Waals surface area contributed by atoms with E-state index >= 15 is 0 Å². The van der Waals surface area contributed by atoms with Crippen LogP contribution >= 0.6 is 0 Å². The number of nitrogens with one attached hydrogen (secondary N) is 2. The predicted octanol–water partition coefficient (Wildman–Crippen LogP) is 4.20. The molecule has 3 aromatic rings. The van der Waals surface area contributed by atoms with E-state index in [1.165, 1.54) is 0 Å². The molecule has 10 heteroatoms. The van der Waals surface area contributed by atoms with E-state index in [1.807, 2.05) is 60.7 Å². The fourth-order valence-electron chi connectivity index (χ4n) is 3.99. The van der Waals surface area contributed by atoms with E-state index in [0.29, 0.717) is 12.4 Å². The molecular formula is C33H39N3O7. The van der Waals surface area contributed by atoms with Gasteiger partial charge in [0.15, 0.2) is 0 Å². The Balaban J connectivity index is 1.62. The van der Waals surface area contributed by atoms with Crippen LogP contribution < -0.4 is 21.1 Å². The lowest BCUT2D eigenvalue weighted by molar-refractivity contribution is -0.145. The Morgan fingerprint density at radius 2 is 1.33 bits per heavy atom. The van der Waals surface area contributed by atoms with E-state index in [-0.39, 0.29) is 25.9 Å². The normalized spacial score (nSPS) is 12.3. The van der Waals surface area contributed by atoms with Crippen molar-refractivity contribution in [3.8, 4) is 5.75 Å². The molecule has 10 nitrogen and oxygen atoms in total. The van der Waals surface area contributed by atoms with Gasteiger partial charge < -0.3 is 30.6 Å². The monoisotopic (exact) mass is 589 g/mol. The van der Waals surface area contributed by atoms with Crippen LogP contribution in [-0.4, -0.2) is 41.6 Å². The van der Waals surface area contributed by atoms with Gasteiger partial charge in [0.1, 0.15) is 36.6 Å². The summed E-state index contributed by atoms with van der Waals surface area (Å²) in [7, 11) is 0. The van der Waals surface area contributed by atoms with E-state index < -0.39 is 41.6 Å². The average molecular weight is 590 g/mol. The molecule has 4 N–H and O–H groups in total. The molecule has 3 rings (SSSR count). The highest BCUT2D eigenvalue weighted by atomic mass is 16.6. The number of primary amides is 1. The molecule has 2 atom stereocenters. The zero-order chi connectivity index (χ0) is 31.2. The second-order valence-electron chi connectivity index (χ2n) is 11.0. The fraction of sp³-hybridized carbons (Fsp3) is 0.333. The highest BCUT2D eigenvalue weighted by molar-refractivity contribution is 5.91. The standard InChI is InChI=1S/C33H39N3O7/c1-33(2,3)43-32(40)36-28(20-23-14-16-26(17-15-23)41-21-24-10-6-4-7-11-24)31(39)35-27(30(34)38)18-19-29(37)42-22-25-12-8-5-9-13-25/h4-17,27-28H,18-22H2,1-3H3,(H2,34,38)(H,35,39)(H,36,40)/t27-,28+/m1/s1. The highest BCUT2D eigenvalue weighted by Crippen LogP contribution is 2.16. The largest absolute Gasteiger partial charge is 0.489 e. The van der Waals surface area contributed by atoms with Crippen molar-refractivity contribution in [1.29, 1.82) is 0 Å². The summed E-state index contributed by atoms with van der Waals surface area (Å²) in [5, 5.41) is 5.15. The number of carbonyl (C=O) groups excluding carboxylic acids is 4. The van der Waals surface area contributed by atoms with E-state index in [4.69, 9.17) is 19.9 Å². The number of esters is 1. The van der Waals surface area contributed by atoms with Gasteiger partial charge in [-0.05, 0) is 56.0 Å². The molecule has 0 saturated carbocycles. The van der Waals surface area contributed by atoms with Crippen LogP contribution in [-0.2, 0) is 43.5 Å². The highest BCUT2D eigenvalue weighted by Gasteiger charge is 2.28. The van der Waals surface area contributed by atoms with Crippen molar-refractivity contribution in [2.75, 3.05) is 0 Å². The fourth-order valence-corrected chi connectivity index (χ4v) is 3.99. The van der Waals surface area contributed by atoms with Crippen LogP contribution in [0.25, 0.3) is 0 Å². The lowest BCUT2D eigenvalue weighted by atomic mass is 10.0. The van der Waals surface area contributed by atoms with Crippen molar-refractivity contribution in [3.05, 3.63) is 102 Å². The Labute approximate surface area is 251 Å². The average Bonchev–Trinajstić information content (AvgIpc) is 2.97. The number of ether oxygens (including phenoxy) is 3. The Morgan fingerprint density at radius 1 is 0.744 bits per heavy atom. The molecule has 3 aromatic carbocycles. The second-order valence-corrected chi connectivity index (χ2v) is 11.0. The summed E-state index contributed by atoms with van der Waals surface area (Å²) in [5.74, 6) is -1.37. The summed E-state index contributed by atoms with van der Waals surface area (Å²) in [6.07, 6.45) is -0.916. The molecule has 0 aliphatic rings. The van der Waals surface area contributed by atoms with Crippen LogP contribution in [0, 0.1) is 0 Å². The minimum absolute atomic E-state index is 0.0682. The Morgan fingerprint density at radius 3 is 1.88 bits per heavy atom. The first-order chi connectivity index (χ1) is 20.5. The first-order valence-electron chi connectivity index (χ1n) is 14.0. The molecule has 0 bridgehead atoms. The summed E-state index contributed by atoms with van der Waals surface area (Å²) >= 11 is 0. The van der Waals surface area contributed by atoms with Crippen LogP contribution in [0.5, 0.6) is 5.75 Å². The van der Waals surface area contributed by atoms with Gasteiger partial charge in [0, 0.05) is 12.8 Å². The van der Waals surface area contributed by atoms with Gasteiger partial charge >= 0.3 is 12.1 Å². The maximum atomic E-state index is 13.3. The summed E-state index contributed by atoms with van der Waals surface area (Å²) in [5.41, 5.74) is 7.31. The zero-order valence-electron chi connectivity index (χ0n) is 24.7. The van der Waals surface area contributed by atoms with Crippen molar-refractivity contribution in [1.82, 2.24) is 10.6 Å². The smallest absolute Gasteiger partial charge is 0.408 e.